The molecule has 0 unspecified atom stereocenters. The molecule has 0 radical (unpaired) electrons. The van der Waals surface area contributed by atoms with Gasteiger partial charge in [0.05, 0.1) is 0 Å². The van der Waals surface area contributed by atoms with Crippen molar-refractivity contribution in [2.75, 3.05) is 0 Å². The number of hydrogen-bond acceptors (Lipinski definition) is 1. The van der Waals surface area contributed by atoms with Gasteiger partial charge in [-0.3, -0.25) is 0 Å². The molecule has 0 amide bonds. The molecule has 0 spiro atoms. The standard InChI is InChI=1S/C17H13N2/c18-12-17-7-3-4-10-19(17)13-14-8-9-15-5-1-2-6-16(15)11-14/h1-11H,13H2/q+1. The molecular formula is C17H13N2+. The Labute approximate surface area is 112 Å². The molecule has 1 aromatic heterocycles. The summed E-state index contributed by atoms with van der Waals surface area (Å²) in [5.41, 5.74) is 1.88. The molecular weight excluding hydrogens is 232 g/mol. The van der Waals surface area contributed by atoms with Crippen molar-refractivity contribution in [2.45, 2.75) is 6.54 Å². The summed E-state index contributed by atoms with van der Waals surface area (Å²) in [6.07, 6.45) is 1.94. The number of rotatable bonds is 2. The van der Waals surface area contributed by atoms with Crippen LogP contribution in [0.1, 0.15) is 11.3 Å². The topological polar surface area (TPSA) is 27.7 Å². The van der Waals surface area contributed by atoms with Crippen LogP contribution in [-0.4, -0.2) is 0 Å². The quantitative estimate of drug-likeness (QED) is 0.638. The predicted molar refractivity (Wildman–Crippen MR) is 74.4 cm³/mol. The largest absolute Gasteiger partial charge is 0.283 e. The van der Waals surface area contributed by atoms with Crippen molar-refractivity contribution in [3.63, 3.8) is 0 Å². The fourth-order valence-electron chi connectivity index (χ4n) is 2.25. The summed E-state index contributed by atoms with van der Waals surface area (Å²) in [7, 11) is 0. The lowest BCUT2D eigenvalue weighted by Crippen LogP contribution is -2.37. The average Bonchev–Trinajstić information content (AvgIpc) is 2.48. The van der Waals surface area contributed by atoms with Crippen molar-refractivity contribution in [3.05, 3.63) is 78.1 Å². The fourth-order valence-corrected chi connectivity index (χ4v) is 2.25. The molecule has 3 rings (SSSR count). The van der Waals surface area contributed by atoms with Gasteiger partial charge in [0, 0.05) is 17.7 Å². The van der Waals surface area contributed by atoms with E-state index in [1.54, 1.807) is 0 Å². The second kappa shape index (κ2) is 4.91. The number of fused-ring (bicyclic) bond motifs is 1. The molecule has 2 heteroatoms. The molecule has 0 N–H and O–H groups in total. The van der Waals surface area contributed by atoms with E-state index >= 15 is 0 Å². The van der Waals surface area contributed by atoms with Crippen molar-refractivity contribution >= 4 is 10.8 Å². The van der Waals surface area contributed by atoms with Gasteiger partial charge in [-0.05, 0) is 22.9 Å². The lowest BCUT2D eigenvalue weighted by molar-refractivity contribution is -0.690. The maximum Gasteiger partial charge on any atom is 0.283 e. The van der Waals surface area contributed by atoms with E-state index in [-0.39, 0.29) is 0 Å². The number of benzene rings is 2. The molecule has 0 saturated heterocycles. The third kappa shape index (κ3) is 2.31. The molecule has 3 aromatic rings. The van der Waals surface area contributed by atoms with Gasteiger partial charge in [0.25, 0.3) is 5.69 Å². The zero-order valence-corrected chi connectivity index (χ0v) is 10.5. The molecule has 0 aliphatic rings. The molecule has 0 fully saturated rings. The van der Waals surface area contributed by atoms with E-state index in [4.69, 9.17) is 5.26 Å². The molecule has 0 saturated carbocycles. The van der Waals surface area contributed by atoms with E-state index in [1.165, 1.54) is 16.3 Å². The third-order valence-electron chi connectivity index (χ3n) is 3.22. The first-order valence-electron chi connectivity index (χ1n) is 6.23. The van der Waals surface area contributed by atoms with Gasteiger partial charge in [-0.25, -0.2) is 0 Å². The van der Waals surface area contributed by atoms with Crippen molar-refractivity contribution < 1.29 is 4.57 Å². The average molecular weight is 245 g/mol. The fraction of sp³-hybridized carbons (Fsp3) is 0.0588. The Kier molecular flexibility index (Phi) is 2.96. The smallest absolute Gasteiger partial charge is 0.186 e. The minimum Gasteiger partial charge on any atom is -0.186 e. The van der Waals surface area contributed by atoms with Crippen LogP contribution in [0.15, 0.2) is 66.9 Å². The minimum atomic E-state index is 0.677. The molecule has 0 aliphatic heterocycles. The summed E-state index contributed by atoms with van der Waals surface area (Å²) < 4.78 is 1.96. The summed E-state index contributed by atoms with van der Waals surface area (Å²) in [6, 6.07) is 22.6. The second-order valence-electron chi connectivity index (χ2n) is 4.51. The summed E-state index contributed by atoms with van der Waals surface area (Å²) >= 11 is 0. The number of nitrogens with zero attached hydrogens (tertiary/aromatic N) is 2. The van der Waals surface area contributed by atoms with Crippen molar-refractivity contribution in [2.24, 2.45) is 0 Å². The maximum atomic E-state index is 9.10. The highest BCUT2D eigenvalue weighted by Gasteiger charge is 2.09. The van der Waals surface area contributed by atoms with E-state index in [9.17, 15) is 0 Å². The first kappa shape index (κ1) is 11.4. The van der Waals surface area contributed by atoms with Crippen LogP contribution in [-0.2, 0) is 6.54 Å². The Morgan fingerprint density at radius 2 is 1.68 bits per heavy atom. The van der Waals surface area contributed by atoms with Crippen molar-refractivity contribution in [3.8, 4) is 6.07 Å². The Morgan fingerprint density at radius 3 is 2.53 bits per heavy atom. The van der Waals surface area contributed by atoms with Gasteiger partial charge in [-0.1, -0.05) is 36.4 Å². The van der Waals surface area contributed by atoms with E-state index in [1.807, 2.05) is 41.1 Å². The van der Waals surface area contributed by atoms with Crippen LogP contribution in [0, 0.1) is 11.3 Å². The van der Waals surface area contributed by atoms with Gasteiger partial charge in [0.15, 0.2) is 18.8 Å². The normalized spacial score (nSPS) is 10.3. The molecule has 90 valence electrons. The van der Waals surface area contributed by atoms with E-state index in [0.717, 1.165) is 0 Å². The van der Waals surface area contributed by atoms with Crippen molar-refractivity contribution in [1.29, 1.82) is 5.26 Å². The zero-order chi connectivity index (χ0) is 13.1. The van der Waals surface area contributed by atoms with Crippen LogP contribution in [0.25, 0.3) is 10.8 Å². The first-order chi connectivity index (χ1) is 9.36. The Morgan fingerprint density at radius 1 is 0.895 bits per heavy atom. The SMILES string of the molecule is N#Cc1cccc[n+]1Cc1ccc2ccccc2c1. The molecule has 2 nitrogen and oxygen atoms in total. The summed E-state index contributed by atoms with van der Waals surface area (Å²) in [5.74, 6) is 0. The van der Waals surface area contributed by atoms with Crippen LogP contribution >= 0.6 is 0 Å². The summed E-state index contributed by atoms with van der Waals surface area (Å²) in [4.78, 5) is 0. The summed E-state index contributed by atoms with van der Waals surface area (Å²) in [6.45, 7) is 0.717. The van der Waals surface area contributed by atoms with Crippen LogP contribution in [0.3, 0.4) is 0 Å². The van der Waals surface area contributed by atoms with Crippen molar-refractivity contribution in [1.82, 2.24) is 0 Å². The van der Waals surface area contributed by atoms with Gasteiger partial charge in [0.1, 0.15) is 0 Å². The highest BCUT2D eigenvalue weighted by Crippen LogP contribution is 2.15. The predicted octanol–water partition coefficient (Wildman–Crippen LogP) is 3.05. The molecule has 0 atom stereocenters. The van der Waals surface area contributed by atoms with Crippen LogP contribution < -0.4 is 4.57 Å². The Balaban J connectivity index is 1.99. The van der Waals surface area contributed by atoms with Gasteiger partial charge in [-0.2, -0.15) is 9.83 Å². The second-order valence-corrected chi connectivity index (χ2v) is 4.51. The highest BCUT2D eigenvalue weighted by molar-refractivity contribution is 5.82. The van der Waals surface area contributed by atoms with Gasteiger partial charge in [0.2, 0.25) is 0 Å². The molecule has 1 heterocycles. The number of nitriles is 1. The lowest BCUT2D eigenvalue weighted by Gasteiger charge is -2.02. The van der Waals surface area contributed by atoms with E-state index < -0.39 is 0 Å². The third-order valence-corrected chi connectivity index (χ3v) is 3.22. The Bertz CT molecular complexity index is 769. The van der Waals surface area contributed by atoms with Crippen LogP contribution in [0.4, 0.5) is 0 Å². The maximum absolute atomic E-state index is 9.10. The van der Waals surface area contributed by atoms with Gasteiger partial charge in [-0.15, -0.1) is 0 Å². The number of hydrogen-bond donors (Lipinski definition) is 0. The molecule has 19 heavy (non-hydrogen) atoms. The number of aromatic nitrogens is 1. The van der Waals surface area contributed by atoms with E-state index in [0.29, 0.717) is 12.2 Å². The lowest BCUT2D eigenvalue weighted by atomic mass is 10.1. The Hall–Kier alpha value is -2.66. The molecule has 2 aromatic carbocycles. The minimum absolute atomic E-state index is 0.677. The van der Waals surface area contributed by atoms with Crippen LogP contribution in [0.5, 0.6) is 0 Å². The number of pyridine rings is 1. The van der Waals surface area contributed by atoms with Crippen LogP contribution in [0.2, 0.25) is 0 Å². The molecule has 0 bridgehead atoms. The molecule has 0 aliphatic carbocycles. The monoisotopic (exact) mass is 245 g/mol. The summed E-state index contributed by atoms with van der Waals surface area (Å²) in [5, 5.41) is 11.6. The van der Waals surface area contributed by atoms with Gasteiger partial charge < -0.3 is 0 Å². The first-order valence-corrected chi connectivity index (χ1v) is 6.23. The highest BCUT2D eigenvalue weighted by atomic mass is 14.9. The van der Waals surface area contributed by atoms with Gasteiger partial charge >= 0.3 is 0 Å². The van der Waals surface area contributed by atoms with E-state index in [2.05, 4.69) is 36.4 Å². The zero-order valence-electron chi connectivity index (χ0n) is 10.5.